The normalized spacial score (nSPS) is 14.9. The predicted octanol–water partition coefficient (Wildman–Crippen LogP) is 2.78. The minimum atomic E-state index is 0.0800. The van der Waals surface area contributed by atoms with Gasteiger partial charge in [0.2, 0.25) is 0 Å². The quantitative estimate of drug-likeness (QED) is 0.928. The van der Waals surface area contributed by atoms with Gasteiger partial charge in [-0.2, -0.15) is 5.10 Å². The Hall–Kier alpha value is -2.50. The van der Waals surface area contributed by atoms with E-state index in [1.54, 1.807) is 0 Å². The molecular weight excluding hydrogens is 316 g/mol. The van der Waals surface area contributed by atoms with E-state index in [0.717, 1.165) is 30.2 Å². The number of piperazine rings is 1. The van der Waals surface area contributed by atoms with Gasteiger partial charge in [0.25, 0.3) is 5.91 Å². The van der Waals surface area contributed by atoms with Gasteiger partial charge in [0.05, 0.1) is 23.2 Å². The Bertz CT molecular complexity index is 709. The first-order valence-electron chi connectivity index (χ1n) is 8.78. The van der Waals surface area contributed by atoms with Crippen molar-refractivity contribution in [2.75, 3.05) is 31.1 Å². The largest absolute Gasteiger partial charge is 0.491 e. The zero-order valence-corrected chi connectivity index (χ0v) is 15.4. The summed E-state index contributed by atoms with van der Waals surface area (Å²) < 4.78 is 5.63. The molecule has 6 heteroatoms. The minimum Gasteiger partial charge on any atom is -0.491 e. The molecule has 0 aliphatic carbocycles. The Morgan fingerprint density at radius 2 is 1.76 bits per heavy atom. The number of rotatable bonds is 4. The second-order valence-electron chi connectivity index (χ2n) is 6.75. The zero-order valence-electron chi connectivity index (χ0n) is 15.4. The van der Waals surface area contributed by atoms with Crippen LogP contribution in [0, 0.1) is 13.8 Å². The van der Waals surface area contributed by atoms with Crippen molar-refractivity contribution in [1.82, 2.24) is 15.1 Å². The molecule has 0 spiro atoms. The fourth-order valence-corrected chi connectivity index (χ4v) is 3.27. The highest BCUT2D eigenvalue weighted by atomic mass is 16.5. The van der Waals surface area contributed by atoms with E-state index in [1.807, 2.05) is 56.9 Å². The van der Waals surface area contributed by atoms with Crippen LogP contribution in [0.1, 0.15) is 35.6 Å². The summed E-state index contributed by atoms with van der Waals surface area (Å²) >= 11 is 0. The highest BCUT2D eigenvalue weighted by molar-refractivity contribution is 5.94. The van der Waals surface area contributed by atoms with Crippen LogP contribution < -0.4 is 9.64 Å². The molecule has 1 N–H and O–H groups in total. The number of aromatic nitrogens is 2. The molecule has 0 bridgehead atoms. The van der Waals surface area contributed by atoms with Gasteiger partial charge in [0, 0.05) is 31.7 Å². The second-order valence-corrected chi connectivity index (χ2v) is 6.75. The molecule has 1 aromatic carbocycles. The van der Waals surface area contributed by atoms with Crippen LogP contribution in [0.5, 0.6) is 5.75 Å². The molecule has 0 atom stereocenters. The predicted molar refractivity (Wildman–Crippen MR) is 98.4 cm³/mol. The maximum atomic E-state index is 12.7. The van der Waals surface area contributed by atoms with E-state index in [9.17, 15) is 4.79 Å². The number of ether oxygens (including phenoxy) is 1. The molecule has 0 radical (unpaired) electrons. The molecule has 1 amide bonds. The number of nitrogens with zero attached hydrogens (tertiary/aromatic N) is 3. The third-order valence-corrected chi connectivity index (χ3v) is 4.45. The molecule has 2 heterocycles. The van der Waals surface area contributed by atoms with E-state index < -0.39 is 0 Å². The molecule has 1 aliphatic rings. The van der Waals surface area contributed by atoms with Crippen LogP contribution in [0.25, 0.3) is 0 Å². The summed E-state index contributed by atoms with van der Waals surface area (Å²) in [4.78, 5) is 16.9. The number of hydrogen-bond acceptors (Lipinski definition) is 4. The first-order chi connectivity index (χ1) is 12.0. The standard InChI is InChI=1S/C19H26N4O2/c1-13(2)25-17-7-5-16(6-8-17)19(24)23-11-9-22(10-12-23)18-14(3)20-21-15(18)4/h5-8,13H,9-12H2,1-4H3,(H,20,21). The lowest BCUT2D eigenvalue weighted by Gasteiger charge is -2.36. The molecule has 1 fully saturated rings. The Labute approximate surface area is 148 Å². The van der Waals surface area contributed by atoms with Gasteiger partial charge in [-0.3, -0.25) is 9.89 Å². The third kappa shape index (κ3) is 3.78. The van der Waals surface area contributed by atoms with Gasteiger partial charge >= 0.3 is 0 Å². The fourth-order valence-electron chi connectivity index (χ4n) is 3.27. The van der Waals surface area contributed by atoms with E-state index in [1.165, 1.54) is 5.69 Å². The highest BCUT2D eigenvalue weighted by Gasteiger charge is 2.24. The topological polar surface area (TPSA) is 61.5 Å². The van der Waals surface area contributed by atoms with E-state index in [2.05, 4.69) is 15.1 Å². The summed E-state index contributed by atoms with van der Waals surface area (Å²) in [7, 11) is 0. The maximum absolute atomic E-state index is 12.7. The average Bonchev–Trinajstić information content (AvgIpc) is 2.93. The van der Waals surface area contributed by atoms with Crippen molar-refractivity contribution in [3.05, 3.63) is 41.2 Å². The van der Waals surface area contributed by atoms with E-state index >= 15 is 0 Å². The first-order valence-corrected chi connectivity index (χ1v) is 8.78. The molecule has 0 saturated carbocycles. The van der Waals surface area contributed by atoms with Crippen molar-refractivity contribution in [3.63, 3.8) is 0 Å². The lowest BCUT2D eigenvalue weighted by Crippen LogP contribution is -2.49. The number of carbonyl (C=O) groups is 1. The number of aryl methyl sites for hydroxylation is 2. The minimum absolute atomic E-state index is 0.0800. The number of carbonyl (C=O) groups excluding carboxylic acids is 1. The van der Waals surface area contributed by atoms with Gasteiger partial charge in [0.1, 0.15) is 5.75 Å². The van der Waals surface area contributed by atoms with Crippen molar-refractivity contribution < 1.29 is 9.53 Å². The third-order valence-electron chi connectivity index (χ3n) is 4.45. The number of anilines is 1. The van der Waals surface area contributed by atoms with Crippen LogP contribution in [0.15, 0.2) is 24.3 Å². The Morgan fingerprint density at radius 3 is 2.28 bits per heavy atom. The van der Waals surface area contributed by atoms with Crippen LogP contribution >= 0.6 is 0 Å². The Kier molecular flexibility index (Phi) is 4.97. The van der Waals surface area contributed by atoms with Crippen molar-refractivity contribution >= 4 is 11.6 Å². The van der Waals surface area contributed by atoms with E-state index in [0.29, 0.717) is 18.7 Å². The number of H-pyrrole nitrogens is 1. The highest BCUT2D eigenvalue weighted by Crippen LogP contribution is 2.24. The molecule has 1 saturated heterocycles. The zero-order chi connectivity index (χ0) is 18.0. The van der Waals surface area contributed by atoms with Crippen LogP contribution in [0.2, 0.25) is 0 Å². The van der Waals surface area contributed by atoms with Gasteiger partial charge in [-0.05, 0) is 52.0 Å². The average molecular weight is 342 g/mol. The maximum Gasteiger partial charge on any atom is 0.253 e. The smallest absolute Gasteiger partial charge is 0.253 e. The number of benzene rings is 1. The molecule has 2 aromatic rings. The van der Waals surface area contributed by atoms with Crippen molar-refractivity contribution in [2.24, 2.45) is 0 Å². The monoisotopic (exact) mass is 342 g/mol. The Morgan fingerprint density at radius 1 is 1.12 bits per heavy atom. The van der Waals surface area contributed by atoms with Gasteiger partial charge in [-0.25, -0.2) is 0 Å². The van der Waals surface area contributed by atoms with Gasteiger partial charge < -0.3 is 14.5 Å². The van der Waals surface area contributed by atoms with E-state index in [4.69, 9.17) is 4.74 Å². The molecule has 6 nitrogen and oxygen atoms in total. The van der Waals surface area contributed by atoms with Crippen LogP contribution in [-0.2, 0) is 0 Å². The van der Waals surface area contributed by atoms with Crippen LogP contribution in [0.4, 0.5) is 5.69 Å². The van der Waals surface area contributed by atoms with Crippen LogP contribution in [-0.4, -0.2) is 53.3 Å². The summed E-state index contributed by atoms with van der Waals surface area (Å²) in [6.07, 6.45) is 0.129. The molecule has 134 valence electrons. The van der Waals surface area contributed by atoms with Crippen molar-refractivity contribution in [1.29, 1.82) is 0 Å². The molecule has 1 aliphatic heterocycles. The fraction of sp³-hybridized carbons (Fsp3) is 0.474. The number of nitrogens with one attached hydrogen (secondary N) is 1. The van der Waals surface area contributed by atoms with Gasteiger partial charge in [-0.1, -0.05) is 0 Å². The number of aromatic amines is 1. The summed E-state index contributed by atoms with van der Waals surface area (Å²) in [6.45, 7) is 11.1. The van der Waals surface area contributed by atoms with Gasteiger partial charge in [0.15, 0.2) is 0 Å². The summed E-state index contributed by atoms with van der Waals surface area (Å²) in [5, 5.41) is 7.29. The Balaban J connectivity index is 1.62. The lowest BCUT2D eigenvalue weighted by molar-refractivity contribution is 0.0746. The van der Waals surface area contributed by atoms with E-state index in [-0.39, 0.29) is 12.0 Å². The van der Waals surface area contributed by atoms with Gasteiger partial charge in [-0.15, -0.1) is 0 Å². The second kappa shape index (κ2) is 7.17. The number of amides is 1. The molecule has 3 rings (SSSR count). The van der Waals surface area contributed by atoms with Crippen molar-refractivity contribution in [2.45, 2.75) is 33.8 Å². The number of hydrogen-bond donors (Lipinski definition) is 1. The van der Waals surface area contributed by atoms with Crippen molar-refractivity contribution in [3.8, 4) is 5.75 Å². The molecule has 25 heavy (non-hydrogen) atoms. The summed E-state index contributed by atoms with van der Waals surface area (Å²) in [5.41, 5.74) is 3.97. The molecular formula is C19H26N4O2. The molecule has 1 aromatic heterocycles. The SMILES string of the molecule is Cc1n[nH]c(C)c1N1CCN(C(=O)c2ccc(OC(C)C)cc2)CC1. The molecule has 0 unspecified atom stereocenters. The summed E-state index contributed by atoms with van der Waals surface area (Å²) in [5.74, 6) is 0.874. The summed E-state index contributed by atoms with van der Waals surface area (Å²) in [6, 6.07) is 7.41. The lowest BCUT2D eigenvalue weighted by atomic mass is 10.1. The first kappa shape index (κ1) is 17.3. The van der Waals surface area contributed by atoms with Crippen LogP contribution in [0.3, 0.4) is 0 Å².